The number of aromatic amines is 1. The van der Waals surface area contributed by atoms with Gasteiger partial charge < -0.3 is 4.98 Å². The zero-order valence-electron chi connectivity index (χ0n) is 11.8. The Bertz CT molecular complexity index is 782. The molecule has 0 saturated carbocycles. The van der Waals surface area contributed by atoms with E-state index in [-0.39, 0.29) is 5.41 Å². The quantitative estimate of drug-likeness (QED) is 0.705. The normalized spacial score (nSPS) is 12.2. The number of aryl methyl sites for hydroxylation is 1. The SMILES string of the molecule is Cc1cc(Br)cc2[nH]c(-c3snnc3C(C)(C)C)nc12. The standard InChI is InChI=1S/C14H15BrN4S/c1-7-5-8(15)6-9-10(7)17-13(16-9)11-12(14(2,3)4)18-19-20-11/h5-6H,1-4H3,(H,16,17). The molecular formula is C14H15BrN4S. The van der Waals surface area contributed by atoms with E-state index >= 15 is 0 Å². The van der Waals surface area contributed by atoms with Gasteiger partial charge in [-0.3, -0.25) is 0 Å². The second-order valence-electron chi connectivity index (χ2n) is 5.90. The van der Waals surface area contributed by atoms with Crippen molar-refractivity contribution < 1.29 is 0 Å². The summed E-state index contributed by atoms with van der Waals surface area (Å²) in [6.07, 6.45) is 0. The second kappa shape index (κ2) is 4.63. The van der Waals surface area contributed by atoms with Crippen LogP contribution in [0.15, 0.2) is 16.6 Å². The van der Waals surface area contributed by atoms with Crippen LogP contribution in [-0.2, 0) is 5.41 Å². The molecule has 0 atom stereocenters. The Kier molecular flexibility index (Phi) is 3.17. The van der Waals surface area contributed by atoms with E-state index in [1.165, 1.54) is 11.5 Å². The Morgan fingerprint density at radius 1 is 1.25 bits per heavy atom. The Labute approximate surface area is 129 Å². The molecule has 2 heterocycles. The number of benzene rings is 1. The van der Waals surface area contributed by atoms with Gasteiger partial charge in [0.25, 0.3) is 0 Å². The molecule has 0 radical (unpaired) electrons. The monoisotopic (exact) mass is 350 g/mol. The molecule has 6 heteroatoms. The molecule has 0 amide bonds. The number of imidazole rings is 1. The maximum absolute atomic E-state index is 4.72. The lowest BCUT2D eigenvalue weighted by Crippen LogP contribution is -2.13. The highest BCUT2D eigenvalue weighted by molar-refractivity contribution is 9.10. The van der Waals surface area contributed by atoms with Crippen LogP contribution in [0.2, 0.25) is 0 Å². The van der Waals surface area contributed by atoms with Crippen molar-refractivity contribution in [3.8, 4) is 10.7 Å². The van der Waals surface area contributed by atoms with Crippen LogP contribution in [0.1, 0.15) is 32.0 Å². The lowest BCUT2D eigenvalue weighted by molar-refractivity contribution is 0.568. The van der Waals surface area contributed by atoms with Crippen molar-refractivity contribution in [1.29, 1.82) is 0 Å². The zero-order valence-corrected chi connectivity index (χ0v) is 14.2. The highest BCUT2D eigenvalue weighted by Crippen LogP contribution is 2.34. The Hall–Kier alpha value is -1.27. The van der Waals surface area contributed by atoms with Gasteiger partial charge in [0.15, 0.2) is 5.82 Å². The molecular weight excluding hydrogens is 336 g/mol. The van der Waals surface area contributed by atoms with Crippen molar-refractivity contribution in [3.05, 3.63) is 27.9 Å². The number of rotatable bonds is 1. The fraction of sp³-hybridized carbons (Fsp3) is 0.357. The van der Waals surface area contributed by atoms with Crippen LogP contribution in [-0.4, -0.2) is 19.6 Å². The second-order valence-corrected chi connectivity index (χ2v) is 7.57. The summed E-state index contributed by atoms with van der Waals surface area (Å²) in [6, 6.07) is 4.12. The highest BCUT2D eigenvalue weighted by Gasteiger charge is 2.25. The largest absolute Gasteiger partial charge is 0.337 e. The molecule has 3 rings (SSSR count). The summed E-state index contributed by atoms with van der Waals surface area (Å²) in [5.74, 6) is 0.848. The molecule has 2 aromatic heterocycles. The van der Waals surface area contributed by atoms with E-state index in [4.69, 9.17) is 4.98 Å². The summed E-state index contributed by atoms with van der Waals surface area (Å²) in [5, 5.41) is 4.27. The lowest BCUT2D eigenvalue weighted by Gasteiger charge is -2.15. The molecule has 1 N–H and O–H groups in total. The summed E-state index contributed by atoms with van der Waals surface area (Å²) in [7, 11) is 0. The molecule has 4 nitrogen and oxygen atoms in total. The molecule has 0 spiro atoms. The molecule has 0 fully saturated rings. The fourth-order valence-corrected chi connectivity index (χ4v) is 3.58. The van der Waals surface area contributed by atoms with Crippen LogP contribution in [0.4, 0.5) is 0 Å². The highest BCUT2D eigenvalue weighted by atomic mass is 79.9. The molecule has 0 aliphatic rings. The molecule has 0 bridgehead atoms. The third-order valence-electron chi connectivity index (χ3n) is 3.16. The number of fused-ring (bicyclic) bond motifs is 1. The number of hydrogen-bond donors (Lipinski definition) is 1. The van der Waals surface area contributed by atoms with Crippen LogP contribution in [0, 0.1) is 6.92 Å². The predicted octanol–water partition coefficient (Wildman–Crippen LogP) is 4.45. The number of hydrogen-bond acceptors (Lipinski definition) is 4. The first-order valence-electron chi connectivity index (χ1n) is 6.35. The molecule has 20 heavy (non-hydrogen) atoms. The van der Waals surface area contributed by atoms with E-state index in [2.05, 4.69) is 64.3 Å². The number of nitrogens with zero attached hydrogens (tertiary/aromatic N) is 3. The molecule has 0 saturated heterocycles. The lowest BCUT2D eigenvalue weighted by atomic mass is 9.91. The maximum Gasteiger partial charge on any atom is 0.152 e. The van der Waals surface area contributed by atoms with Gasteiger partial charge in [-0.05, 0) is 36.2 Å². The average molecular weight is 351 g/mol. The molecule has 3 aromatic rings. The molecule has 104 valence electrons. The first-order chi connectivity index (χ1) is 9.36. The fourth-order valence-electron chi connectivity index (χ4n) is 2.19. The van der Waals surface area contributed by atoms with E-state index in [1.54, 1.807) is 0 Å². The van der Waals surface area contributed by atoms with Gasteiger partial charge >= 0.3 is 0 Å². The summed E-state index contributed by atoms with van der Waals surface area (Å²) >= 11 is 4.91. The van der Waals surface area contributed by atoms with Crippen molar-refractivity contribution in [1.82, 2.24) is 19.6 Å². The van der Waals surface area contributed by atoms with Crippen molar-refractivity contribution in [2.45, 2.75) is 33.1 Å². The van der Waals surface area contributed by atoms with Crippen LogP contribution in [0.5, 0.6) is 0 Å². The van der Waals surface area contributed by atoms with E-state index in [0.29, 0.717) is 0 Å². The van der Waals surface area contributed by atoms with Gasteiger partial charge in [-0.15, -0.1) is 5.10 Å². The third kappa shape index (κ3) is 2.27. The van der Waals surface area contributed by atoms with E-state index in [0.717, 1.165) is 37.5 Å². The minimum atomic E-state index is -0.0447. The molecule has 0 unspecified atom stereocenters. The molecule has 0 aliphatic carbocycles. The van der Waals surface area contributed by atoms with Gasteiger partial charge in [0.05, 0.1) is 16.7 Å². The maximum atomic E-state index is 4.72. The third-order valence-corrected chi connectivity index (χ3v) is 4.35. The Morgan fingerprint density at radius 2 is 2.00 bits per heavy atom. The average Bonchev–Trinajstić information content (AvgIpc) is 2.91. The van der Waals surface area contributed by atoms with Gasteiger partial charge in [0.1, 0.15) is 4.88 Å². The van der Waals surface area contributed by atoms with Crippen LogP contribution >= 0.6 is 27.5 Å². The van der Waals surface area contributed by atoms with E-state index in [9.17, 15) is 0 Å². The summed E-state index contributed by atoms with van der Waals surface area (Å²) < 4.78 is 5.15. The van der Waals surface area contributed by atoms with E-state index in [1.807, 2.05) is 6.07 Å². The number of halogens is 1. The summed E-state index contributed by atoms with van der Waals surface area (Å²) in [6.45, 7) is 8.47. The van der Waals surface area contributed by atoms with Gasteiger partial charge in [0, 0.05) is 9.89 Å². The predicted molar refractivity (Wildman–Crippen MR) is 86.1 cm³/mol. The molecule has 0 aliphatic heterocycles. The minimum absolute atomic E-state index is 0.0447. The summed E-state index contributed by atoms with van der Waals surface area (Å²) in [4.78, 5) is 9.12. The van der Waals surface area contributed by atoms with Crippen molar-refractivity contribution in [2.24, 2.45) is 0 Å². The smallest absolute Gasteiger partial charge is 0.152 e. The summed E-state index contributed by atoms with van der Waals surface area (Å²) in [5.41, 5.74) is 4.11. The first kappa shape index (κ1) is 13.7. The van der Waals surface area contributed by atoms with Gasteiger partial charge in [-0.1, -0.05) is 41.2 Å². The van der Waals surface area contributed by atoms with Gasteiger partial charge in [-0.2, -0.15) is 0 Å². The van der Waals surface area contributed by atoms with Gasteiger partial charge in [0.2, 0.25) is 0 Å². The number of nitrogens with one attached hydrogen (secondary N) is 1. The Morgan fingerprint density at radius 3 is 2.70 bits per heavy atom. The number of H-pyrrole nitrogens is 1. The number of aromatic nitrogens is 4. The topological polar surface area (TPSA) is 54.5 Å². The van der Waals surface area contributed by atoms with Crippen molar-refractivity contribution in [2.75, 3.05) is 0 Å². The van der Waals surface area contributed by atoms with Crippen LogP contribution in [0.25, 0.3) is 21.7 Å². The van der Waals surface area contributed by atoms with Crippen LogP contribution in [0.3, 0.4) is 0 Å². The first-order valence-corrected chi connectivity index (χ1v) is 7.92. The van der Waals surface area contributed by atoms with Crippen LogP contribution < -0.4 is 0 Å². The Balaban J connectivity index is 2.21. The van der Waals surface area contributed by atoms with E-state index < -0.39 is 0 Å². The molecule has 1 aromatic carbocycles. The van der Waals surface area contributed by atoms with Crippen molar-refractivity contribution >= 4 is 38.5 Å². The zero-order chi connectivity index (χ0) is 14.5. The van der Waals surface area contributed by atoms with Gasteiger partial charge in [-0.25, -0.2) is 4.98 Å². The van der Waals surface area contributed by atoms with Crippen molar-refractivity contribution in [3.63, 3.8) is 0 Å². The minimum Gasteiger partial charge on any atom is -0.337 e.